The second-order valence-electron chi connectivity index (χ2n) is 4.83. The molecule has 0 radical (unpaired) electrons. The molecule has 0 saturated carbocycles. The highest BCUT2D eigenvalue weighted by Gasteiger charge is 2.10. The molecule has 0 fully saturated rings. The van der Waals surface area contributed by atoms with Gasteiger partial charge in [0.05, 0.1) is 0 Å². The second kappa shape index (κ2) is 8.91. The normalized spacial score (nSPS) is 10.4. The van der Waals surface area contributed by atoms with Crippen LogP contribution in [-0.4, -0.2) is 10.3 Å². The fraction of sp³-hybridized carbons (Fsp3) is 0.125. The van der Waals surface area contributed by atoms with Crippen LogP contribution in [0.5, 0.6) is 0 Å². The summed E-state index contributed by atoms with van der Waals surface area (Å²) < 4.78 is 13.7. The zero-order chi connectivity index (χ0) is 17.5. The summed E-state index contributed by atoms with van der Waals surface area (Å²) in [5, 5.41) is 10.5. The Morgan fingerprint density at radius 2 is 1.88 bits per heavy atom. The van der Waals surface area contributed by atoms with Crippen LogP contribution in [0, 0.1) is 11.2 Å². The lowest BCUT2D eigenvalue weighted by atomic mass is 10.2. The Bertz CT molecular complexity index is 752. The van der Waals surface area contributed by atoms with Crippen LogP contribution in [0.25, 0.3) is 0 Å². The van der Waals surface area contributed by atoms with Crippen LogP contribution in [0.3, 0.4) is 0 Å². The van der Waals surface area contributed by atoms with E-state index in [4.69, 9.17) is 29.1 Å². The number of hydrogen-bond donors (Lipinski definition) is 4. The number of thioether (sulfide) groups is 1. The van der Waals surface area contributed by atoms with E-state index in [0.29, 0.717) is 12.3 Å². The van der Waals surface area contributed by atoms with Crippen molar-refractivity contribution < 1.29 is 4.39 Å². The Morgan fingerprint density at radius 1 is 1.12 bits per heavy atom. The highest BCUT2D eigenvalue weighted by atomic mass is 32.2. The minimum Gasteiger partial charge on any atom is -0.379 e. The summed E-state index contributed by atoms with van der Waals surface area (Å²) in [6.07, 6.45) is 0. The molecule has 0 saturated heterocycles. The number of benzene rings is 2. The fourth-order valence-electron chi connectivity index (χ4n) is 1.95. The average Bonchev–Trinajstić information content (AvgIpc) is 2.53. The van der Waals surface area contributed by atoms with E-state index < -0.39 is 0 Å². The molecule has 0 heterocycles. The first kappa shape index (κ1) is 18.6. The third-order valence-corrected chi connectivity index (χ3v) is 5.19. The Kier molecular flexibility index (Phi) is 6.89. The summed E-state index contributed by atoms with van der Waals surface area (Å²) in [5.74, 6) is 0.221. The smallest absolute Gasteiger partial charge is 0.163 e. The quantitative estimate of drug-likeness (QED) is 0.349. The van der Waals surface area contributed by atoms with Crippen molar-refractivity contribution in [3.63, 3.8) is 0 Å². The van der Waals surface area contributed by atoms with Crippen LogP contribution in [0.15, 0.2) is 52.3 Å². The van der Waals surface area contributed by atoms with Crippen molar-refractivity contribution in [1.29, 1.82) is 5.41 Å². The van der Waals surface area contributed by atoms with Gasteiger partial charge in [-0.05, 0) is 41.5 Å². The van der Waals surface area contributed by atoms with Crippen molar-refractivity contribution >= 4 is 46.0 Å². The number of hydrogen-bond acceptors (Lipinski definition) is 4. The maximum absolute atomic E-state index is 13.7. The zero-order valence-corrected chi connectivity index (χ0v) is 15.2. The molecule has 2 aromatic carbocycles. The second-order valence-corrected chi connectivity index (χ2v) is 7.37. The molecule has 0 spiro atoms. The predicted octanol–water partition coefficient (Wildman–Crippen LogP) is 3.44. The van der Waals surface area contributed by atoms with E-state index in [1.54, 1.807) is 6.07 Å². The van der Waals surface area contributed by atoms with E-state index in [1.807, 2.05) is 24.3 Å². The lowest BCUT2D eigenvalue weighted by Gasteiger charge is -2.13. The van der Waals surface area contributed by atoms with Gasteiger partial charge in [-0.1, -0.05) is 47.8 Å². The molecular formula is C16H17FN4S3. The summed E-state index contributed by atoms with van der Waals surface area (Å²) in [6.45, 7) is 0.505. The molecule has 6 N–H and O–H groups in total. The molecule has 0 amide bonds. The third kappa shape index (κ3) is 5.70. The number of halogens is 1. The van der Waals surface area contributed by atoms with Crippen LogP contribution in [0.2, 0.25) is 0 Å². The van der Waals surface area contributed by atoms with Gasteiger partial charge < -0.3 is 16.8 Å². The van der Waals surface area contributed by atoms with Gasteiger partial charge in [0.25, 0.3) is 0 Å². The first-order valence-corrected chi connectivity index (χ1v) is 9.21. The van der Waals surface area contributed by atoms with Crippen molar-refractivity contribution in [2.75, 3.05) is 0 Å². The van der Waals surface area contributed by atoms with E-state index in [1.165, 1.54) is 35.7 Å². The molecule has 2 aromatic rings. The van der Waals surface area contributed by atoms with Crippen LogP contribution >= 0.6 is 35.7 Å². The average molecular weight is 381 g/mol. The fourth-order valence-corrected chi connectivity index (χ4v) is 3.77. The number of nitrogens with one attached hydrogen (secondary N) is 2. The molecule has 2 rings (SSSR count). The van der Waals surface area contributed by atoms with Gasteiger partial charge in [-0.2, -0.15) is 0 Å². The van der Waals surface area contributed by atoms with Crippen LogP contribution < -0.4 is 16.8 Å². The molecule has 0 unspecified atom stereocenters. The zero-order valence-electron chi connectivity index (χ0n) is 12.7. The van der Waals surface area contributed by atoms with Gasteiger partial charge in [-0.25, -0.2) is 4.39 Å². The SMILES string of the molecule is N=C(N)SCc1ccc(F)cc1Sc1ccccc1CNC(N)=S. The van der Waals surface area contributed by atoms with Crippen molar-refractivity contribution in [3.05, 3.63) is 59.4 Å². The van der Waals surface area contributed by atoms with E-state index in [2.05, 4.69) is 5.32 Å². The summed E-state index contributed by atoms with van der Waals surface area (Å²) >= 11 is 7.52. The Labute approximate surface area is 154 Å². The van der Waals surface area contributed by atoms with Crippen LogP contribution in [0.1, 0.15) is 11.1 Å². The lowest BCUT2D eigenvalue weighted by molar-refractivity contribution is 0.623. The van der Waals surface area contributed by atoms with E-state index in [9.17, 15) is 4.39 Å². The first-order chi connectivity index (χ1) is 11.5. The molecule has 0 aliphatic carbocycles. The minimum absolute atomic E-state index is 0.0383. The lowest BCUT2D eigenvalue weighted by Crippen LogP contribution is -2.28. The number of thiocarbonyl (C=S) groups is 1. The van der Waals surface area contributed by atoms with E-state index >= 15 is 0 Å². The Morgan fingerprint density at radius 3 is 2.58 bits per heavy atom. The first-order valence-electron chi connectivity index (χ1n) is 7.00. The summed E-state index contributed by atoms with van der Waals surface area (Å²) in [4.78, 5) is 1.78. The molecule has 24 heavy (non-hydrogen) atoms. The van der Waals surface area contributed by atoms with E-state index in [0.717, 1.165) is 20.9 Å². The van der Waals surface area contributed by atoms with Gasteiger partial charge >= 0.3 is 0 Å². The van der Waals surface area contributed by atoms with Gasteiger partial charge in [-0.3, -0.25) is 5.41 Å². The van der Waals surface area contributed by atoms with Gasteiger partial charge in [0.2, 0.25) is 0 Å². The van der Waals surface area contributed by atoms with Gasteiger partial charge in [0.1, 0.15) is 5.82 Å². The van der Waals surface area contributed by atoms with Crippen LogP contribution in [0.4, 0.5) is 4.39 Å². The minimum atomic E-state index is -0.298. The molecule has 0 aromatic heterocycles. The molecule has 0 aliphatic heterocycles. The van der Waals surface area contributed by atoms with Crippen LogP contribution in [-0.2, 0) is 12.3 Å². The Hall–Kier alpha value is -1.77. The summed E-state index contributed by atoms with van der Waals surface area (Å²) in [6, 6.07) is 12.4. The molecule has 0 atom stereocenters. The molecule has 126 valence electrons. The molecule has 4 nitrogen and oxygen atoms in total. The largest absolute Gasteiger partial charge is 0.379 e. The van der Waals surface area contributed by atoms with Gasteiger partial charge in [0.15, 0.2) is 10.3 Å². The molecular weight excluding hydrogens is 363 g/mol. The van der Waals surface area contributed by atoms with Crippen molar-refractivity contribution in [2.45, 2.75) is 22.1 Å². The standard InChI is InChI=1S/C16H17FN4S3/c17-12-6-5-11(9-23-15(18)19)14(7-12)24-13-4-2-1-3-10(13)8-21-16(20)22/h1-7H,8-9H2,(H3,18,19)(H3,20,21,22). The van der Waals surface area contributed by atoms with Crippen molar-refractivity contribution in [1.82, 2.24) is 5.32 Å². The molecule has 0 bridgehead atoms. The highest BCUT2D eigenvalue weighted by Crippen LogP contribution is 2.34. The summed E-state index contributed by atoms with van der Waals surface area (Å²) in [5.41, 5.74) is 12.8. The van der Waals surface area contributed by atoms with Gasteiger partial charge in [-0.15, -0.1) is 0 Å². The van der Waals surface area contributed by atoms with Gasteiger partial charge in [0, 0.05) is 22.1 Å². The highest BCUT2D eigenvalue weighted by molar-refractivity contribution is 8.13. The van der Waals surface area contributed by atoms with Crippen molar-refractivity contribution in [3.8, 4) is 0 Å². The number of amidine groups is 1. The molecule has 0 aliphatic rings. The molecule has 8 heteroatoms. The number of rotatable bonds is 6. The predicted molar refractivity (Wildman–Crippen MR) is 104 cm³/mol. The monoisotopic (exact) mass is 380 g/mol. The van der Waals surface area contributed by atoms with E-state index in [-0.39, 0.29) is 16.1 Å². The third-order valence-electron chi connectivity index (χ3n) is 3.06. The van der Waals surface area contributed by atoms with Crippen molar-refractivity contribution in [2.24, 2.45) is 11.5 Å². The Balaban J connectivity index is 2.25. The topological polar surface area (TPSA) is 87.9 Å². The maximum Gasteiger partial charge on any atom is 0.163 e. The maximum atomic E-state index is 13.7. The number of nitrogens with two attached hydrogens (primary N) is 2. The summed E-state index contributed by atoms with van der Waals surface area (Å²) in [7, 11) is 0.